The molecule has 1 saturated heterocycles. The van der Waals surface area contributed by atoms with Gasteiger partial charge in [0.05, 0.1) is 4.90 Å². The number of likely N-dealkylation sites (N-methyl/N-ethyl adjacent to an activating group) is 1. The van der Waals surface area contributed by atoms with E-state index in [0.29, 0.717) is 30.0 Å². The number of carbonyl (C=O) groups excluding carboxylic acids is 2. The Balaban J connectivity index is 1.66. The molecule has 2 amide bonds. The number of hydrogen-bond donors (Lipinski definition) is 2. The average molecular weight is 473 g/mol. The van der Waals surface area contributed by atoms with Gasteiger partial charge in [-0.1, -0.05) is 33.8 Å². The fourth-order valence-electron chi connectivity index (χ4n) is 3.41. The van der Waals surface area contributed by atoms with Crippen LogP contribution < -0.4 is 10.6 Å². The molecule has 1 aliphatic heterocycles. The molecule has 0 saturated carbocycles. The summed E-state index contributed by atoms with van der Waals surface area (Å²) in [6.45, 7) is 10.8. The molecule has 0 spiro atoms. The number of piperazine rings is 1. The molecule has 178 valence electrons. The summed E-state index contributed by atoms with van der Waals surface area (Å²) in [6.07, 6.45) is 0. The quantitative estimate of drug-likeness (QED) is 0.673. The maximum Gasteiger partial charge on any atom is 0.255 e. The molecule has 0 aromatic heterocycles. The zero-order valence-electron chi connectivity index (χ0n) is 19.6. The van der Waals surface area contributed by atoms with Gasteiger partial charge in [-0.25, -0.2) is 8.42 Å². The number of benzene rings is 2. The highest BCUT2D eigenvalue weighted by Crippen LogP contribution is 2.21. The van der Waals surface area contributed by atoms with E-state index in [-0.39, 0.29) is 16.7 Å². The molecule has 0 bridgehead atoms. The second-order valence-electron chi connectivity index (χ2n) is 9.10. The van der Waals surface area contributed by atoms with Crippen molar-refractivity contribution >= 4 is 33.2 Å². The molecule has 2 aromatic rings. The van der Waals surface area contributed by atoms with Crippen LogP contribution in [0.25, 0.3) is 0 Å². The van der Waals surface area contributed by atoms with Gasteiger partial charge < -0.3 is 15.5 Å². The molecule has 9 heteroatoms. The van der Waals surface area contributed by atoms with Crippen LogP contribution in [-0.4, -0.2) is 62.2 Å². The maximum atomic E-state index is 12.9. The summed E-state index contributed by atoms with van der Waals surface area (Å²) in [5.74, 6) is -0.499. The van der Waals surface area contributed by atoms with Crippen molar-refractivity contribution in [2.24, 2.45) is 5.41 Å². The van der Waals surface area contributed by atoms with E-state index in [2.05, 4.69) is 22.5 Å². The first-order valence-electron chi connectivity index (χ1n) is 11.1. The fraction of sp³-hybridized carbons (Fsp3) is 0.417. The molecule has 0 atom stereocenters. The van der Waals surface area contributed by atoms with E-state index in [1.54, 1.807) is 36.4 Å². The highest BCUT2D eigenvalue weighted by Gasteiger charge is 2.28. The Labute approximate surface area is 196 Å². The van der Waals surface area contributed by atoms with E-state index in [1.807, 2.05) is 20.8 Å². The van der Waals surface area contributed by atoms with E-state index in [4.69, 9.17) is 0 Å². The second-order valence-corrected chi connectivity index (χ2v) is 11.0. The van der Waals surface area contributed by atoms with Crippen LogP contribution in [0.15, 0.2) is 53.4 Å². The maximum absolute atomic E-state index is 12.9. The first kappa shape index (κ1) is 24.9. The van der Waals surface area contributed by atoms with Crippen molar-refractivity contribution in [2.45, 2.75) is 32.6 Å². The predicted molar refractivity (Wildman–Crippen MR) is 130 cm³/mol. The van der Waals surface area contributed by atoms with E-state index >= 15 is 0 Å². The van der Waals surface area contributed by atoms with Crippen molar-refractivity contribution in [3.63, 3.8) is 0 Å². The molecule has 2 N–H and O–H groups in total. The van der Waals surface area contributed by atoms with Gasteiger partial charge in [0, 0.05) is 48.5 Å². The normalized spacial score (nSPS) is 15.8. The number of hydrogen-bond acceptors (Lipinski definition) is 5. The second kappa shape index (κ2) is 10.0. The predicted octanol–water partition coefficient (Wildman–Crippen LogP) is 3.25. The van der Waals surface area contributed by atoms with E-state index in [1.165, 1.54) is 16.4 Å². The number of amides is 2. The van der Waals surface area contributed by atoms with Crippen molar-refractivity contribution in [2.75, 3.05) is 43.4 Å². The molecule has 2 aromatic carbocycles. The standard InChI is InChI=1S/C24H32N4O4S/c1-5-27-13-15-28(16-14-27)33(31,32)21-11-9-19(10-12-21)25-22(29)18-7-6-8-20(17-18)26-23(30)24(2,3)4/h6-12,17H,5,13-16H2,1-4H3,(H,25,29)(H,26,30). The van der Waals surface area contributed by atoms with Crippen LogP contribution in [0.3, 0.4) is 0 Å². The van der Waals surface area contributed by atoms with E-state index in [9.17, 15) is 18.0 Å². The van der Waals surface area contributed by atoms with Gasteiger partial charge in [0.2, 0.25) is 15.9 Å². The number of rotatable bonds is 6. The summed E-state index contributed by atoms with van der Waals surface area (Å²) in [7, 11) is -3.57. The number of sulfonamides is 1. The third-order valence-corrected chi connectivity index (χ3v) is 7.51. The highest BCUT2D eigenvalue weighted by atomic mass is 32.2. The van der Waals surface area contributed by atoms with Gasteiger partial charge in [-0.3, -0.25) is 9.59 Å². The third kappa shape index (κ3) is 6.19. The van der Waals surface area contributed by atoms with Gasteiger partial charge in [-0.2, -0.15) is 4.31 Å². The Kier molecular flexibility index (Phi) is 7.56. The van der Waals surface area contributed by atoms with Crippen LogP contribution >= 0.6 is 0 Å². The molecule has 8 nitrogen and oxygen atoms in total. The SMILES string of the molecule is CCN1CCN(S(=O)(=O)c2ccc(NC(=O)c3cccc(NC(=O)C(C)(C)C)c3)cc2)CC1. The fourth-order valence-corrected chi connectivity index (χ4v) is 4.83. The van der Waals surface area contributed by atoms with E-state index in [0.717, 1.165) is 19.6 Å². The molecular formula is C24H32N4O4S. The zero-order valence-corrected chi connectivity index (χ0v) is 20.4. The minimum absolute atomic E-state index is 0.145. The molecular weight excluding hydrogens is 440 g/mol. The van der Waals surface area contributed by atoms with Gasteiger partial charge in [0.1, 0.15) is 0 Å². The summed E-state index contributed by atoms with van der Waals surface area (Å²) < 4.78 is 27.3. The molecule has 1 heterocycles. The molecule has 1 aliphatic rings. The van der Waals surface area contributed by atoms with Crippen molar-refractivity contribution < 1.29 is 18.0 Å². The third-order valence-electron chi connectivity index (χ3n) is 5.59. The molecule has 1 fully saturated rings. The van der Waals surface area contributed by atoms with Crippen LogP contribution in [-0.2, 0) is 14.8 Å². The highest BCUT2D eigenvalue weighted by molar-refractivity contribution is 7.89. The van der Waals surface area contributed by atoms with Gasteiger partial charge in [0.15, 0.2) is 0 Å². The van der Waals surface area contributed by atoms with E-state index < -0.39 is 15.4 Å². The van der Waals surface area contributed by atoms with Gasteiger partial charge in [-0.05, 0) is 49.0 Å². The van der Waals surface area contributed by atoms with Crippen LogP contribution in [0.1, 0.15) is 38.1 Å². The van der Waals surface area contributed by atoms with Crippen LogP contribution in [0.5, 0.6) is 0 Å². The first-order chi connectivity index (χ1) is 15.5. The lowest BCUT2D eigenvalue weighted by molar-refractivity contribution is -0.123. The Morgan fingerprint density at radius 2 is 1.55 bits per heavy atom. The smallest absolute Gasteiger partial charge is 0.255 e. The molecule has 0 aliphatic carbocycles. The van der Waals surface area contributed by atoms with Crippen LogP contribution in [0.4, 0.5) is 11.4 Å². The largest absolute Gasteiger partial charge is 0.326 e. The Morgan fingerprint density at radius 3 is 2.12 bits per heavy atom. The summed E-state index contributed by atoms with van der Waals surface area (Å²) in [4.78, 5) is 27.3. The monoisotopic (exact) mass is 472 g/mol. The van der Waals surface area contributed by atoms with Crippen molar-refractivity contribution in [3.05, 3.63) is 54.1 Å². The summed E-state index contributed by atoms with van der Waals surface area (Å²) in [5, 5.41) is 5.58. The number of nitrogens with zero attached hydrogens (tertiary/aromatic N) is 2. The lowest BCUT2D eigenvalue weighted by Crippen LogP contribution is -2.48. The Bertz CT molecular complexity index is 1100. The molecule has 33 heavy (non-hydrogen) atoms. The van der Waals surface area contributed by atoms with Crippen molar-refractivity contribution in [1.29, 1.82) is 0 Å². The van der Waals surface area contributed by atoms with Crippen LogP contribution in [0.2, 0.25) is 0 Å². The van der Waals surface area contributed by atoms with Crippen molar-refractivity contribution in [1.82, 2.24) is 9.21 Å². The lowest BCUT2D eigenvalue weighted by Gasteiger charge is -2.33. The minimum Gasteiger partial charge on any atom is -0.326 e. The Morgan fingerprint density at radius 1 is 0.909 bits per heavy atom. The number of anilines is 2. The molecule has 3 rings (SSSR count). The first-order valence-corrected chi connectivity index (χ1v) is 12.5. The zero-order chi connectivity index (χ0) is 24.2. The summed E-state index contributed by atoms with van der Waals surface area (Å²) in [6, 6.07) is 12.9. The van der Waals surface area contributed by atoms with Gasteiger partial charge >= 0.3 is 0 Å². The van der Waals surface area contributed by atoms with Crippen LogP contribution in [0, 0.1) is 5.41 Å². The average Bonchev–Trinajstić information content (AvgIpc) is 2.79. The minimum atomic E-state index is -3.57. The van der Waals surface area contributed by atoms with Gasteiger partial charge in [0.25, 0.3) is 5.91 Å². The number of carbonyl (C=O) groups is 2. The number of nitrogens with one attached hydrogen (secondary N) is 2. The van der Waals surface area contributed by atoms with Gasteiger partial charge in [-0.15, -0.1) is 0 Å². The van der Waals surface area contributed by atoms with Crippen molar-refractivity contribution in [3.8, 4) is 0 Å². The summed E-state index contributed by atoms with van der Waals surface area (Å²) >= 11 is 0. The molecule has 0 unspecified atom stereocenters. The topological polar surface area (TPSA) is 98.8 Å². The Hall–Kier alpha value is -2.75. The molecule has 0 radical (unpaired) electrons. The lowest BCUT2D eigenvalue weighted by atomic mass is 9.95. The summed E-state index contributed by atoms with van der Waals surface area (Å²) in [5.41, 5.74) is 0.850.